The lowest BCUT2D eigenvalue weighted by Gasteiger charge is -2.14. The highest BCUT2D eigenvalue weighted by molar-refractivity contribution is 5.83. The molecule has 1 aromatic rings. The predicted octanol–water partition coefficient (Wildman–Crippen LogP) is 6.61. The van der Waals surface area contributed by atoms with Crippen LogP contribution in [0.15, 0.2) is 54.6 Å². The van der Waals surface area contributed by atoms with Gasteiger partial charge in [0.15, 0.2) is 0 Å². The maximum absolute atomic E-state index is 12.1. The zero-order valence-electron chi connectivity index (χ0n) is 19.2. The number of hydrogen-bond acceptors (Lipinski definition) is 2. The van der Waals surface area contributed by atoms with Gasteiger partial charge in [0.25, 0.3) is 0 Å². The van der Waals surface area contributed by atoms with E-state index in [0.717, 1.165) is 37.7 Å². The Kier molecular flexibility index (Phi) is 15.8. The van der Waals surface area contributed by atoms with E-state index < -0.39 is 12.0 Å². The van der Waals surface area contributed by atoms with Crippen LogP contribution in [0.25, 0.3) is 0 Å². The van der Waals surface area contributed by atoms with E-state index in [1.54, 1.807) is 0 Å². The molecule has 0 aromatic heterocycles. The zero-order chi connectivity index (χ0) is 22.6. The number of carboxylic acids is 1. The highest BCUT2D eigenvalue weighted by Gasteiger charge is 2.19. The third-order valence-electron chi connectivity index (χ3n) is 5.27. The molecule has 172 valence electrons. The van der Waals surface area contributed by atoms with E-state index in [1.165, 1.54) is 38.5 Å². The maximum atomic E-state index is 12.1. The summed E-state index contributed by atoms with van der Waals surface area (Å²) in [5, 5.41) is 12.0. The van der Waals surface area contributed by atoms with Gasteiger partial charge >= 0.3 is 5.97 Å². The Morgan fingerprint density at radius 1 is 0.871 bits per heavy atom. The SMILES string of the molecule is CCCCCC=CCC=CCCCCCCCC(=O)N[C@@H](Cc1ccccc1)C(=O)O. The number of aliphatic carboxylic acids is 1. The van der Waals surface area contributed by atoms with E-state index in [1.807, 2.05) is 30.3 Å². The van der Waals surface area contributed by atoms with E-state index in [-0.39, 0.29) is 5.91 Å². The van der Waals surface area contributed by atoms with Gasteiger partial charge in [-0.2, -0.15) is 0 Å². The normalized spacial score (nSPS) is 12.4. The molecule has 0 saturated heterocycles. The average molecular weight is 428 g/mol. The van der Waals surface area contributed by atoms with Gasteiger partial charge < -0.3 is 10.4 Å². The molecule has 0 aliphatic carbocycles. The molecule has 0 unspecified atom stereocenters. The molecular weight excluding hydrogens is 386 g/mol. The van der Waals surface area contributed by atoms with Crippen LogP contribution < -0.4 is 5.32 Å². The van der Waals surface area contributed by atoms with Crippen molar-refractivity contribution in [2.45, 2.75) is 96.4 Å². The van der Waals surface area contributed by atoms with Crippen LogP contribution in [0.2, 0.25) is 0 Å². The van der Waals surface area contributed by atoms with Gasteiger partial charge in [-0.15, -0.1) is 0 Å². The highest BCUT2D eigenvalue weighted by atomic mass is 16.4. The molecule has 0 radical (unpaired) electrons. The van der Waals surface area contributed by atoms with E-state index in [4.69, 9.17) is 0 Å². The number of carbonyl (C=O) groups excluding carboxylic acids is 1. The predicted molar refractivity (Wildman–Crippen MR) is 129 cm³/mol. The van der Waals surface area contributed by atoms with Gasteiger partial charge in [0.1, 0.15) is 6.04 Å². The molecule has 31 heavy (non-hydrogen) atoms. The quantitative estimate of drug-likeness (QED) is 0.204. The highest BCUT2D eigenvalue weighted by Crippen LogP contribution is 2.09. The number of carboxylic acid groups (broad SMARTS) is 1. The van der Waals surface area contributed by atoms with Crippen LogP contribution in [0.4, 0.5) is 0 Å². The van der Waals surface area contributed by atoms with Crippen molar-refractivity contribution < 1.29 is 14.7 Å². The van der Waals surface area contributed by atoms with Gasteiger partial charge in [-0.25, -0.2) is 4.79 Å². The number of nitrogens with one attached hydrogen (secondary N) is 1. The number of unbranched alkanes of at least 4 members (excludes halogenated alkanes) is 8. The molecule has 0 bridgehead atoms. The summed E-state index contributed by atoms with van der Waals surface area (Å²) in [5.41, 5.74) is 0.909. The summed E-state index contributed by atoms with van der Waals surface area (Å²) in [6, 6.07) is 8.53. The third kappa shape index (κ3) is 15.1. The summed E-state index contributed by atoms with van der Waals surface area (Å²) in [7, 11) is 0. The number of benzene rings is 1. The zero-order valence-corrected chi connectivity index (χ0v) is 19.2. The van der Waals surface area contributed by atoms with Gasteiger partial charge in [0, 0.05) is 12.8 Å². The maximum Gasteiger partial charge on any atom is 0.326 e. The lowest BCUT2D eigenvalue weighted by Crippen LogP contribution is -2.42. The van der Waals surface area contributed by atoms with Crippen molar-refractivity contribution in [1.82, 2.24) is 5.32 Å². The molecule has 4 nitrogen and oxygen atoms in total. The summed E-state index contributed by atoms with van der Waals surface area (Å²) in [5.74, 6) is -1.16. The Balaban J connectivity index is 2.03. The number of allylic oxidation sites excluding steroid dienone is 4. The fraction of sp³-hybridized carbons (Fsp3) is 0.556. The first-order chi connectivity index (χ1) is 15.1. The lowest BCUT2D eigenvalue weighted by atomic mass is 10.1. The number of hydrogen-bond donors (Lipinski definition) is 2. The number of rotatable bonds is 18. The first-order valence-corrected chi connectivity index (χ1v) is 12.0. The summed E-state index contributed by atoms with van der Waals surface area (Å²) in [4.78, 5) is 23.5. The Bertz CT molecular complexity index is 652. The first kappa shape index (κ1) is 26.7. The molecule has 0 aliphatic heterocycles. The Labute approximate surface area is 188 Å². The standard InChI is InChI=1S/C27H41NO3/c1-2-3-4-5-6-7-8-9-10-11-12-13-14-15-19-22-26(29)28-25(27(30)31)23-24-20-17-16-18-21-24/h6-7,9-10,16-18,20-21,25H,2-5,8,11-15,19,22-23H2,1H3,(H,28,29)(H,30,31)/t25-/m0/s1. The molecule has 0 heterocycles. The summed E-state index contributed by atoms with van der Waals surface area (Å²) in [6.07, 6.45) is 22.3. The van der Waals surface area contributed by atoms with Crippen LogP contribution >= 0.6 is 0 Å². The largest absolute Gasteiger partial charge is 0.480 e. The van der Waals surface area contributed by atoms with Crippen LogP contribution in [-0.4, -0.2) is 23.0 Å². The van der Waals surface area contributed by atoms with E-state index >= 15 is 0 Å². The molecule has 2 N–H and O–H groups in total. The van der Waals surface area contributed by atoms with Crippen molar-refractivity contribution in [1.29, 1.82) is 0 Å². The average Bonchev–Trinajstić information content (AvgIpc) is 2.76. The molecule has 0 spiro atoms. The molecule has 0 aliphatic rings. The van der Waals surface area contributed by atoms with E-state index in [9.17, 15) is 14.7 Å². The first-order valence-electron chi connectivity index (χ1n) is 12.0. The fourth-order valence-electron chi connectivity index (χ4n) is 3.41. The minimum Gasteiger partial charge on any atom is -0.480 e. The van der Waals surface area contributed by atoms with Gasteiger partial charge in [-0.3, -0.25) is 4.79 Å². The Morgan fingerprint density at radius 2 is 1.48 bits per heavy atom. The van der Waals surface area contributed by atoms with Crippen LogP contribution in [0.3, 0.4) is 0 Å². The van der Waals surface area contributed by atoms with Crippen molar-refractivity contribution >= 4 is 11.9 Å². The second kappa shape index (κ2) is 18.4. The Morgan fingerprint density at radius 3 is 2.13 bits per heavy atom. The molecular formula is C27H41NO3. The molecule has 0 saturated carbocycles. The minimum absolute atomic E-state index is 0.172. The van der Waals surface area contributed by atoms with Gasteiger partial charge in [-0.05, 0) is 44.1 Å². The Hall–Kier alpha value is -2.36. The van der Waals surface area contributed by atoms with Crippen molar-refractivity contribution in [3.05, 3.63) is 60.2 Å². The van der Waals surface area contributed by atoms with Crippen LogP contribution in [0.1, 0.15) is 89.5 Å². The summed E-state index contributed by atoms with van der Waals surface area (Å²) < 4.78 is 0. The molecule has 0 fully saturated rings. The molecule has 1 atom stereocenters. The fourth-order valence-corrected chi connectivity index (χ4v) is 3.41. The van der Waals surface area contributed by atoms with Crippen LogP contribution in [-0.2, 0) is 16.0 Å². The summed E-state index contributed by atoms with van der Waals surface area (Å²) >= 11 is 0. The van der Waals surface area contributed by atoms with Crippen molar-refractivity contribution in [3.63, 3.8) is 0 Å². The van der Waals surface area contributed by atoms with Gasteiger partial charge in [0.2, 0.25) is 5.91 Å². The smallest absolute Gasteiger partial charge is 0.326 e. The topological polar surface area (TPSA) is 66.4 Å². The third-order valence-corrected chi connectivity index (χ3v) is 5.27. The van der Waals surface area contributed by atoms with Crippen LogP contribution in [0.5, 0.6) is 0 Å². The van der Waals surface area contributed by atoms with Gasteiger partial charge in [-0.1, -0.05) is 93.7 Å². The van der Waals surface area contributed by atoms with Crippen LogP contribution in [0, 0.1) is 0 Å². The van der Waals surface area contributed by atoms with E-state index in [0.29, 0.717) is 12.8 Å². The van der Waals surface area contributed by atoms with Crippen molar-refractivity contribution in [2.24, 2.45) is 0 Å². The monoisotopic (exact) mass is 427 g/mol. The van der Waals surface area contributed by atoms with E-state index in [2.05, 4.69) is 36.5 Å². The van der Waals surface area contributed by atoms with Crippen molar-refractivity contribution in [2.75, 3.05) is 0 Å². The molecule has 1 rings (SSSR count). The molecule has 4 heteroatoms. The number of amides is 1. The van der Waals surface area contributed by atoms with Crippen molar-refractivity contribution in [3.8, 4) is 0 Å². The number of carbonyl (C=O) groups is 2. The molecule has 1 aromatic carbocycles. The summed E-state index contributed by atoms with van der Waals surface area (Å²) in [6.45, 7) is 2.23. The minimum atomic E-state index is -0.989. The molecule has 1 amide bonds. The lowest BCUT2D eigenvalue weighted by molar-refractivity contribution is -0.141. The van der Waals surface area contributed by atoms with Gasteiger partial charge in [0.05, 0.1) is 0 Å². The second-order valence-corrected chi connectivity index (χ2v) is 8.13. The second-order valence-electron chi connectivity index (χ2n) is 8.13.